The maximum atomic E-state index is 13.1. The first-order valence-electron chi connectivity index (χ1n) is 10.5. The molecule has 2 atom stereocenters. The van der Waals surface area contributed by atoms with Gasteiger partial charge in [0.2, 0.25) is 0 Å². The largest absolute Gasteiger partial charge is 0.484 e. The maximum absolute atomic E-state index is 13.1. The molecule has 2 heterocycles. The van der Waals surface area contributed by atoms with Crippen LogP contribution in [-0.2, 0) is 27.5 Å². The molecular formula is C22H25FN2O5S2. The molecule has 32 heavy (non-hydrogen) atoms. The van der Waals surface area contributed by atoms with Crippen LogP contribution in [0.2, 0.25) is 0 Å². The standard InChI is InChI=1S/C22H25FN2O5S2/c1-13-2-7-17-18(10-13)31-22(20(17)21(27)24-15-8-9-32(28,29)12-15)25-19(26)11-30-16-5-3-14(23)4-6-16/h3-6,13,15H,2,7-12H2,1H3,(H,24,27)(H,25,26)/t13-,15-/m0/s1. The van der Waals surface area contributed by atoms with Crippen molar-refractivity contribution in [3.05, 3.63) is 46.1 Å². The number of anilines is 1. The molecule has 1 fully saturated rings. The van der Waals surface area contributed by atoms with Crippen molar-refractivity contribution in [2.24, 2.45) is 5.92 Å². The molecule has 2 aromatic rings. The van der Waals surface area contributed by atoms with Gasteiger partial charge in [-0.05, 0) is 61.4 Å². The van der Waals surface area contributed by atoms with Crippen molar-refractivity contribution in [2.75, 3.05) is 23.4 Å². The van der Waals surface area contributed by atoms with E-state index >= 15 is 0 Å². The van der Waals surface area contributed by atoms with Crippen molar-refractivity contribution in [3.63, 3.8) is 0 Å². The van der Waals surface area contributed by atoms with Crippen molar-refractivity contribution >= 4 is 38.0 Å². The van der Waals surface area contributed by atoms with E-state index in [9.17, 15) is 22.4 Å². The minimum Gasteiger partial charge on any atom is -0.484 e. The molecule has 0 radical (unpaired) electrons. The van der Waals surface area contributed by atoms with Gasteiger partial charge >= 0.3 is 0 Å². The summed E-state index contributed by atoms with van der Waals surface area (Å²) >= 11 is 1.39. The lowest BCUT2D eigenvalue weighted by Gasteiger charge is -2.19. The van der Waals surface area contributed by atoms with Gasteiger partial charge in [-0.3, -0.25) is 9.59 Å². The first-order valence-corrected chi connectivity index (χ1v) is 13.2. The monoisotopic (exact) mass is 480 g/mol. The molecule has 4 rings (SSSR count). The Morgan fingerprint density at radius 1 is 1.22 bits per heavy atom. The normalized spacial score (nSPS) is 21.6. The molecule has 1 aromatic carbocycles. The van der Waals surface area contributed by atoms with Gasteiger partial charge < -0.3 is 15.4 Å². The van der Waals surface area contributed by atoms with Crippen LogP contribution in [0, 0.1) is 11.7 Å². The van der Waals surface area contributed by atoms with Crippen LogP contribution in [-0.4, -0.2) is 44.4 Å². The van der Waals surface area contributed by atoms with E-state index in [-0.39, 0.29) is 24.0 Å². The first kappa shape index (κ1) is 22.7. The van der Waals surface area contributed by atoms with E-state index < -0.39 is 27.6 Å². The van der Waals surface area contributed by atoms with E-state index in [2.05, 4.69) is 17.6 Å². The summed E-state index contributed by atoms with van der Waals surface area (Å²) in [6.45, 7) is 1.87. The third kappa shape index (κ3) is 5.29. The number of ether oxygens (including phenoxy) is 1. The van der Waals surface area contributed by atoms with Crippen LogP contribution in [0.25, 0.3) is 0 Å². The molecular weight excluding hydrogens is 455 g/mol. The molecule has 0 spiro atoms. The van der Waals surface area contributed by atoms with E-state index in [1.165, 1.54) is 35.6 Å². The molecule has 7 nitrogen and oxygen atoms in total. The second-order valence-electron chi connectivity index (χ2n) is 8.42. The van der Waals surface area contributed by atoms with E-state index in [4.69, 9.17) is 4.74 Å². The number of nitrogens with one attached hydrogen (secondary N) is 2. The van der Waals surface area contributed by atoms with Crippen molar-refractivity contribution in [3.8, 4) is 5.75 Å². The number of sulfone groups is 1. The number of thiophene rings is 1. The molecule has 172 valence electrons. The lowest BCUT2D eigenvalue weighted by Crippen LogP contribution is -2.36. The second kappa shape index (κ2) is 9.19. The summed E-state index contributed by atoms with van der Waals surface area (Å²) in [6.07, 6.45) is 2.91. The highest BCUT2D eigenvalue weighted by Crippen LogP contribution is 2.39. The first-order chi connectivity index (χ1) is 15.2. The Hall–Kier alpha value is -2.46. The van der Waals surface area contributed by atoms with Gasteiger partial charge in [0, 0.05) is 10.9 Å². The zero-order valence-corrected chi connectivity index (χ0v) is 19.3. The Morgan fingerprint density at radius 3 is 2.66 bits per heavy atom. The maximum Gasteiger partial charge on any atom is 0.262 e. The average Bonchev–Trinajstić information content (AvgIpc) is 3.25. The molecule has 1 saturated heterocycles. The predicted molar refractivity (Wildman–Crippen MR) is 121 cm³/mol. The van der Waals surface area contributed by atoms with Crippen LogP contribution in [0.3, 0.4) is 0 Å². The Bertz CT molecular complexity index is 1130. The van der Waals surface area contributed by atoms with Crippen LogP contribution in [0.5, 0.6) is 5.75 Å². The molecule has 2 aliphatic rings. The third-order valence-corrected chi connectivity index (χ3v) is 8.68. The van der Waals surface area contributed by atoms with E-state index in [0.29, 0.717) is 28.7 Å². The van der Waals surface area contributed by atoms with E-state index in [0.717, 1.165) is 29.7 Å². The molecule has 2 N–H and O–H groups in total. The van der Waals surface area contributed by atoms with Crippen LogP contribution in [0.1, 0.15) is 40.6 Å². The fraction of sp³-hybridized carbons (Fsp3) is 0.455. The summed E-state index contributed by atoms with van der Waals surface area (Å²) in [7, 11) is -3.12. The summed E-state index contributed by atoms with van der Waals surface area (Å²) in [6, 6.07) is 4.93. The van der Waals surface area contributed by atoms with Crippen LogP contribution < -0.4 is 15.4 Å². The van der Waals surface area contributed by atoms with Gasteiger partial charge in [0.25, 0.3) is 11.8 Å². The number of halogens is 1. The summed E-state index contributed by atoms with van der Waals surface area (Å²) in [4.78, 5) is 26.7. The van der Waals surface area contributed by atoms with Gasteiger partial charge in [0.15, 0.2) is 16.4 Å². The van der Waals surface area contributed by atoms with Gasteiger partial charge in [-0.2, -0.15) is 0 Å². The third-order valence-electron chi connectivity index (χ3n) is 5.74. The Kier molecular flexibility index (Phi) is 6.52. The number of carbonyl (C=O) groups excluding carboxylic acids is 2. The van der Waals surface area contributed by atoms with Gasteiger partial charge in [0.1, 0.15) is 16.6 Å². The quantitative estimate of drug-likeness (QED) is 0.662. The van der Waals surface area contributed by atoms with Gasteiger partial charge in [-0.15, -0.1) is 11.3 Å². The highest BCUT2D eigenvalue weighted by Gasteiger charge is 2.33. The number of hydrogen-bond acceptors (Lipinski definition) is 6. The zero-order chi connectivity index (χ0) is 22.9. The molecule has 2 amide bonds. The van der Waals surface area contributed by atoms with Crippen molar-refractivity contribution in [1.82, 2.24) is 5.32 Å². The molecule has 10 heteroatoms. The van der Waals surface area contributed by atoms with Gasteiger partial charge in [0.05, 0.1) is 17.1 Å². The summed E-state index contributed by atoms with van der Waals surface area (Å²) in [5.74, 6) is -0.321. The summed E-state index contributed by atoms with van der Waals surface area (Å²) < 4.78 is 41.9. The topological polar surface area (TPSA) is 102 Å². The molecule has 0 saturated carbocycles. The summed E-state index contributed by atoms with van der Waals surface area (Å²) in [5.41, 5.74) is 1.36. The van der Waals surface area contributed by atoms with Gasteiger partial charge in [-0.1, -0.05) is 6.92 Å². The number of benzene rings is 1. The molecule has 1 aliphatic heterocycles. The Labute approximate surface area is 190 Å². The average molecular weight is 481 g/mol. The number of rotatable bonds is 6. The van der Waals surface area contributed by atoms with Crippen LogP contribution in [0.4, 0.5) is 9.39 Å². The van der Waals surface area contributed by atoms with Crippen LogP contribution in [0.15, 0.2) is 24.3 Å². The fourth-order valence-electron chi connectivity index (χ4n) is 4.09. The molecule has 1 aliphatic carbocycles. The highest BCUT2D eigenvalue weighted by molar-refractivity contribution is 7.91. The predicted octanol–water partition coefficient (Wildman–Crippen LogP) is 2.95. The lowest BCUT2D eigenvalue weighted by atomic mass is 9.88. The fourth-order valence-corrected chi connectivity index (χ4v) is 7.19. The summed E-state index contributed by atoms with van der Waals surface area (Å²) in [5, 5.41) is 6.09. The zero-order valence-electron chi connectivity index (χ0n) is 17.6. The number of hydrogen-bond donors (Lipinski definition) is 2. The van der Waals surface area contributed by atoms with E-state index in [1.54, 1.807) is 0 Å². The van der Waals surface area contributed by atoms with Gasteiger partial charge in [-0.25, -0.2) is 12.8 Å². The van der Waals surface area contributed by atoms with E-state index in [1.807, 2.05) is 0 Å². The smallest absolute Gasteiger partial charge is 0.262 e. The van der Waals surface area contributed by atoms with Crippen molar-refractivity contribution in [2.45, 2.75) is 38.6 Å². The minimum atomic E-state index is -3.12. The van der Waals surface area contributed by atoms with Crippen molar-refractivity contribution < 1.29 is 27.1 Å². The Morgan fingerprint density at radius 2 is 1.97 bits per heavy atom. The number of amides is 2. The molecule has 1 aromatic heterocycles. The molecule has 0 bridgehead atoms. The Balaban J connectivity index is 1.49. The molecule has 0 unspecified atom stereocenters. The SMILES string of the molecule is C[C@H]1CCc2c(sc(NC(=O)COc3ccc(F)cc3)c2C(=O)N[C@H]2CCS(=O)(=O)C2)C1. The number of fused-ring (bicyclic) bond motifs is 1. The minimum absolute atomic E-state index is 0.0602. The second-order valence-corrected chi connectivity index (χ2v) is 11.8. The van der Waals surface area contributed by atoms with Crippen molar-refractivity contribution in [1.29, 1.82) is 0 Å². The van der Waals surface area contributed by atoms with Crippen LogP contribution >= 0.6 is 11.3 Å². The number of carbonyl (C=O) groups is 2. The highest BCUT2D eigenvalue weighted by atomic mass is 32.2. The lowest BCUT2D eigenvalue weighted by molar-refractivity contribution is -0.118.